The molecule has 0 aromatic carbocycles. The summed E-state index contributed by atoms with van der Waals surface area (Å²) in [5.41, 5.74) is 18.3. The van der Waals surface area contributed by atoms with Gasteiger partial charge in [0.25, 0.3) is 0 Å². The van der Waals surface area contributed by atoms with Crippen molar-refractivity contribution in [3.05, 3.63) is 81.1 Å². The molecule has 0 radical (unpaired) electrons. The SMILES string of the molecule is C/C(=C\[C@@H](C)CC[C@@H]1CCC[C@]2(CCC(C)[C@@H](CCCNC(=O)[C@@H](C)[C@@H](O)CCC(=O)CC3O[C@H](CC(=O)/C=C/CCCCCCCN=[N+]=[N-])CCC3C)O2)O1)[C@H](C)O.C/C=C/C(=O)C[C@@H]1CCC(C)C(CC(=O)CC[C@H](O)[C@H](C)C(=O)NCCC[C@H]2O[C@@]3(CCC[C@@H](CC[C@H](C)/C=C(\C)C(C)O)O3)CCC2C)O1.C=CCCCCCCCN=[N+]=[N-]. The molecule has 6 saturated heterocycles. The molecule has 6 heterocycles. The van der Waals surface area contributed by atoms with E-state index in [1.165, 1.54) is 25.7 Å². The summed E-state index contributed by atoms with van der Waals surface area (Å²) in [5, 5.41) is 54.2. The second-order valence-corrected chi connectivity index (χ2v) is 37.1. The Morgan fingerprint density at radius 1 is 0.471 bits per heavy atom. The minimum atomic E-state index is -0.927. The molecule has 22 atom stereocenters. The molecule has 0 saturated carbocycles. The minimum absolute atomic E-state index is 0.000296. The van der Waals surface area contributed by atoms with Crippen LogP contribution in [0.5, 0.6) is 0 Å². The average molecular weight is 1700 g/mol. The number of nitrogens with one attached hydrogen (secondary N) is 2. The van der Waals surface area contributed by atoms with E-state index in [0.29, 0.717) is 62.7 Å². The largest absolute Gasteiger partial charge is 0.392 e. The maximum absolute atomic E-state index is 13.0. The highest BCUT2D eigenvalue weighted by Crippen LogP contribution is 2.45. The van der Waals surface area contributed by atoms with Crippen LogP contribution in [0.1, 0.15) is 360 Å². The van der Waals surface area contributed by atoms with Crippen LogP contribution in [0.25, 0.3) is 20.9 Å². The van der Waals surface area contributed by atoms with E-state index in [0.717, 1.165) is 204 Å². The van der Waals surface area contributed by atoms with E-state index in [9.17, 15) is 49.2 Å². The summed E-state index contributed by atoms with van der Waals surface area (Å²) >= 11 is 0. The number of nitrogens with zero attached hydrogens (tertiary/aromatic N) is 6. The maximum atomic E-state index is 13.0. The minimum Gasteiger partial charge on any atom is -0.392 e. The number of unbranched alkanes of at least 4 members (excludes halogenated alkanes) is 10. The van der Waals surface area contributed by atoms with Gasteiger partial charge < -0.3 is 59.5 Å². The first kappa shape index (κ1) is 108. The summed E-state index contributed by atoms with van der Waals surface area (Å²) in [4.78, 5) is 81.8. The Kier molecular flexibility index (Phi) is 54.4. The molecule has 0 bridgehead atoms. The first-order chi connectivity index (χ1) is 57.8. The van der Waals surface area contributed by atoms with Gasteiger partial charge in [0.2, 0.25) is 11.8 Å². The van der Waals surface area contributed by atoms with Gasteiger partial charge in [-0.15, -0.1) is 6.58 Å². The average Bonchev–Trinajstić information content (AvgIpc) is 0.796. The fourth-order valence-electron chi connectivity index (χ4n) is 17.6. The van der Waals surface area contributed by atoms with Gasteiger partial charge in [-0.1, -0.05) is 135 Å². The van der Waals surface area contributed by atoms with Crippen molar-refractivity contribution in [3.63, 3.8) is 0 Å². The lowest BCUT2D eigenvalue weighted by atomic mass is 9.85. The molecule has 0 aliphatic carbocycles. The van der Waals surface area contributed by atoms with Crippen LogP contribution in [0.15, 0.2) is 70.5 Å². The zero-order valence-electron chi connectivity index (χ0n) is 77.2. The third kappa shape index (κ3) is 44.5. The number of aliphatic hydroxyl groups excluding tert-OH is 4. The number of ketones is 4. The Labute approximate surface area is 728 Å². The lowest BCUT2D eigenvalue weighted by Gasteiger charge is -2.48. The van der Waals surface area contributed by atoms with Gasteiger partial charge in [0.05, 0.1) is 85.1 Å². The van der Waals surface area contributed by atoms with Crippen molar-refractivity contribution in [3.8, 4) is 0 Å². The molecule has 2 spiro atoms. The number of azide groups is 2. The molecule has 121 heavy (non-hydrogen) atoms. The molecule has 24 heteroatoms. The van der Waals surface area contributed by atoms with Crippen LogP contribution in [0.2, 0.25) is 0 Å². The first-order valence-corrected chi connectivity index (χ1v) is 47.5. The van der Waals surface area contributed by atoms with Gasteiger partial charge in [0, 0.05) is 100 Å². The van der Waals surface area contributed by atoms with Gasteiger partial charge in [-0.2, -0.15) is 0 Å². The van der Waals surface area contributed by atoms with Crippen molar-refractivity contribution in [1.29, 1.82) is 0 Å². The van der Waals surface area contributed by atoms with Gasteiger partial charge in [-0.05, 0) is 271 Å². The van der Waals surface area contributed by atoms with Crippen molar-refractivity contribution in [2.24, 2.45) is 57.6 Å². The van der Waals surface area contributed by atoms with Crippen molar-refractivity contribution in [2.75, 3.05) is 26.2 Å². The number of amides is 2. The van der Waals surface area contributed by atoms with Crippen LogP contribution in [0, 0.1) is 47.3 Å². The second kappa shape index (κ2) is 61.0. The summed E-state index contributed by atoms with van der Waals surface area (Å²) in [5.74, 6) is -0.588. The second-order valence-electron chi connectivity index (χ2n) is 37.1. The van der Waals surface area contributed by atoms with Crippen molar-refractivity contribution in [1.82, 2.24) is 10.6 Å². The molecular formula is C97H166N8O16. The summed E-state index contributed by atoms with van der Waals surface area (Å²) in [6, 6.07) is 0. The molecule has 0 aromatic heterocycles. The first-order valence-electron chi connectivity index (χ1n) is 47.5. The number of hydrogen-bond donors (Lipinski definition) is 6. The predicted octanol–water partition coefficient (Wildman–Crippen LogP) is 20.8. The van der Waals surface area contributed by atoms with Gasteiger partial charge in [-0.3, -0.25) is 28.8 Å². The molecule has 6 aliphatic heterocycles. The summed E-state index contributed by atoms with van der Waals surface area (Å²) < 4.78 is 39.2. The number of carbonyl (C=O) groups is 6. The summed E-state index contributed by atoms with van der Waals surface area (Å²) in [6.45, 7) is 31.7. The highest BCUT2D eigenvalue weighted by atomic mass is 16.7. The number of carbonyl (C=O) groups excluding carboxylic acids is 6. The predicted molar refractivity (Wildman–Crippen MR) is 481 cm³/mol. The Hall–Kier alpha value is -5.46. The Morgan fingerprint density at radius 3 is 1.27 bits per heavy atom. The zero-order valence-corrected chi connectivity index (χ0v) is 77.2. The fraction of sp³-hybridized carbons (Fsp3) is 0.835. The van der Waals surface area contributed by atoms with Crippen LogP contribution in [0.4, 0.5) is 0 Å². The van der Waals surface area contributed by atoms with E-state index in [2.05, 4.69) is 91.0 Å². The molecule has 24 nitrogen and oxygen atoms in total. The van der Waals surface area contributed by atoms with Crippen LogP contribution < -0.4 is 10.6 Å². The lowest BCUT2D eigenvalue weighted by Crippen LogP contribution is -2.50. The number of Topliss-reactive ketones (excluding diaryl/α,β-unsaturated/α-hetero) is 2. The fourth-order valence-corrected chi connectivity index (χ4v) is 17.6. The van der Waals surface area contributed by atoms with Crippen LogP contribution in [-0.4, -0.2) is 166 Å². The van der Waals surface area contributed by atoms with E-state index in [1.807, 2.05) is 32.9 Å². The smallest absolute Gasteiger partial charge is 0.225 e. The molecule has 2 amide bonds. The third-order valence-electron chi connectivity index (χ3n) is 26.2. The molecule has 0 aromatic rings. The monoisotopic (exact) mass is 1700 g/mol. The molecule has 6 aliphatic rings. The number of allylic oxidation sites excluding steroid dienone is 7. The zero-order chi connectivity index (χ0) is 89.1. The summed E-state index contributed by atoms with van der Waals surface area (Å²) in [6.07, 6.45) is 45.8. The van der Waals surface area contributed by atoms with E-state index in [4.69, 9.17) is 39.5 Å². The van der Waals surface area contributed by atoms with Gasteiger partial charge >= 0.3 is 0 Å². The van der Waals surface area contributed by atoms with Gasteiger partial charge in [-0.25, -0.2) is 0 Å². The van der Waals surface area contributed by atoms with Crippen molar-refractivity contribution in [2.45, 2.75) is 445 Å². The number of rotatable bonds is 54. The Morgan fingerprint density at radius 2 is 0.868 bits per heavy atom. The number of aliphatic hydroxyl groups is 4. The molecule has 6 rings (SSSR count). The van der Waals surface area contributed by atoms with Crippen LogP contribution in [0.3, 0.4) is 0 Å². The normalized spacial score (nSPS) is 27.8. The quantitative estimate of drug-likeness (QED) is 0.00823. The van der Waals surface area contributed by atoms with Gasteiger partial charge in [0.15, 0.2) is 23.1 Å². The van der Waals surface area contributed by atoms with E-state index < -0.39 is 47.8 Å². The maximum Gasteiger partial charge on any atom is 0.225 e. The van der Waals surface area contributed by atoms with E-state index >= 15 is 0 Å². The number of ether oxygens (including phenoxy) is 6. The molecule has 690 valence electrons. The van der Waals surface area contributed by atoms with Crippen LogP contribution >= 0.6 is 0 Å². The van der Waals surface area contributed by atoms with Crippen molar-refractivity contribution < 1.29 is 77.6 Å². The Balaban J connectivity index is 0.000000451. The Bertz CT molecular complexity index is 3220. The molecule has 6 fully saturated rings. The third-order valence-corrected chi connectivity index (χ3v) is 26.2. The van der Waals surface area contributed by atoms with E-state index in [-0.39, 0.29) is 134 Å². The van der Waals surface area contributed by atoms with Gasteiger partial charge in [0.1, 0.15) is 11.6 Å². The molecule has 6 N–H and O–H groups in total. The van der Waals surface area contributed by atoms with Crippen LogP contribution in [-0.2, 0) is 57.2 Å². The summed E-state index contributed by atoms with van der Waals surface area (Å²) in [7, 11) is 0. The topological polar surface area (TPSA) is 360 Å². The highest BCUT2D eigenvalue weighted by molar-refractivity contribution is 5.90. The molecular weight excluding hydrogens is 1530 g/mol. The highest BCUT2D eigenvalue weighted by Gasteiger charge is 2.47. The standard InChI is InChI=1S/C47H80N4O8.C41H69NO8.C9H17N3/c1-33(30-36(4)38(6)52)19-22-41-17-14-26-47(58-41)27-25-35(3)44(59-47)18-15-28-49-46(56)37(5)43(55)24-21-40(54)32-45-34(2)20-23-42(57-45)31-39(53)16-12-10-8-7-9-11-13-29-50-51-48;1-8-11-33(44)25-36-18-15-28(3)39(48-36)26-34(45)16-19-37(46)31(6)40(47)42-23-10-13-38-29(4)20-22-41(50-38)21-9-12-35(49-41)17-14-27(2)24-30(5)32(7)43;1-2-3-4-5-6-7-8-9-11-12-10/h12,16,30,33-35,37-38,41-45,52,55H,7-11,13-15,17-29,31-32H2,1-6H3,(H,49,56);8,11,24,27-29,31-32,35-39,43,46H,9-10,12-23,25-26H2,1-7H3,(H,42,47);2H,1,3-9H2/b16-12+,36-30+;11-8+,30-24+;/t33-,34?,35?,37-,38-,41-,42-,43-,44+,45?,47-;27-,28?,29?,31-,32?,35-,36-,37-,38+,39?,41-;/m00./s1. The lowest BCUT2D eigenvalue weighted by molar-refractivity contribution is -0.324. The molecule has 7 unspecified atom stereocenters. The van der Waals surface area contributed by atoms with E-state index in [1.54, 1.807) is 45.9 Å². The van der Waals surface area contributed by atoms with Crippen molar-refractivity contribution >= 4 is 34.9 Å². The number of hydrogen-bond acceptors (Lipinski definition) is 18.